The largest absolute Gasteiger partial charge is 0.493 e. The maximum Gasteiger partial charge on any atom is 0.416 e. The van der Waals surface area contributed by atoms with Crippen LogP contribution in [0.3, 0.4) is 0 Å². The molecule has 0 amide bonds. The van der Waals surface area contributed by atoms with Crippen LogP contribution in [0.2, 0.25) is 10.0 Å². The quantitative estimate of drug-likeness (QED) is 0.236. The Hall–Kier alpha value is -2.34. The van der Waals surface area contributed by atoms with Crippen LogP contribution >= 0.6 is 23.2 Å². The predicted molar refractivity (Wildman–Crippen MR) is 161 cm³/mol. The van der Waals surface area contributed by atoms with Crippen molar-refractivity contribution < 1.29 is 26.3 Å². The molecule has 1 aliphatic rings. The van der Waals surface area contributed by atoms with E-state index in [4.69, 9.17) is 27.9 Å². The van der Waals surface area contributed by atoms with Crippen LogP contribution in [0.25, 0.3) is 0 Å². The number of hydrogen-bond donors (Lipinski definition) is 2. The molecule has 2 unspecified atom stereocenters. The molecule has 1 saturated heterocycles. The Morgan fingerprint density at radius 1 is 0.857 bits per heavy atom. The monoisotopic (exact) mass is 643 g/mol. The van der Waals surface area contributed by atoms with Crippen molar-refractivity contribution >= 4 is 33.0 Å². The Balaban J connectivity index is 1.95. The van der Waals surface area contributed by atoms with Crippen LogP contribution in [0.5, 0.6) is 5.75 Å². The molecule has 228 valence electrons. The first kappa shape index (κ1) is 32.6. The summed E-state index contributed by atoms with van der Waals surface area (Å²) in [5.41, 5.74) is 0.578. The first-order valence-corrected chi connectivity index (χ1v) is 16.1. The van der Waals surface area contributed by atoms with E-state index in [1.165, 1.54) is 6.07 Å². The van der Waals surface area contributed by atoms with Crippen molar-refractivity contribution in [2.75, 3.05) is 32.0 Å². The number of halogens is 5. The molecule has 42 heavy (non-hydrogen) atoms. The Morgan fingerprint density at radius 3 is 1.79 bits per heavy atom. The van der Waals surface area contributed by atoms with Crippen LogP contribution in [-0.2, 0) is 21.0 Å². The van der Waals surface area contributed by atoms with E-state index in [1.807, 2.05) is 18.7 Å². The Labute approximate surface area is 255 Å². The molecule has 4 rings (SSSR count). The molecule has 2 N–H and O–H groups in total. The van der Waals surface area contributed by atoms with E-state index in [9.17, 15) is 21.6 Å². The molecule has 1 aliphatic heterocycles. The second-order valence-electron chi connectivity index (χ2n) is 10.0. The van der Waals surface area contributed by atoms with Crippen molar-refractivity contribution in [1.82, 2.24) is 15.5 Å². The van der Waals surface area contributed by atoms with Gasteiger partial charge in [0.25, 0.3) is 0 Å². The van der Waals surface area contributed by atoms with E-state index in [0.29, 0.717) is 23.1 Å². The summed E-state index contributed by atoms with van der Waals surface area (Å²) in [6.07, 6.45) is -4.65. The first-order valence-electron chi connectivity index (χ1n) is 13.7. The fourth-order valence-electron chi connectivity index (χ4n) is 5.25. The highest BCUT2D eigenvalue weighted by Crippen LogP contribution is 2.47. The second-order valence-corrected chi connectivity index (χ2v) is 13.1. The van der Waals surface area contributed by atoms with E-state index in [-0.39, 0.29) is 30.2 Å². The zero-order valence-corrected chi connectivity index (χ0v) is 25.8. The molecular formula is C30H34Cl2F3N3O3S. The summed E-state index contributed by atoms with van der Waals surface area (Å²) in [5.74, 6) is -0.438. The van der Waals surface area contributed by atoms with Crippen molar-refractivity contribution in [3.05, 3.63) is 99.0 Å². The molecular weight excluding hydrogens is 610 g/mol. The first-order chi connectivity index (χ1) is 19.8. The summed E-state index contributed by atoms with van der Waals surface area (Å²) >= 11 is 12.3. The number of hydrogen-bond acceptors (Lipinski definition) is 6. The third-order valence-electron chi connectivity index (χ3n) is 7.53. The normalized spacial score (nSPS) is 21.2. The van der Waals surface area contributed by atoms with Gasteiger partial charge < -0.3 is 9.64 Å². The van der Waals surface area contributed by atoms with Crippen LogP contribution in [0.4, 0.5) is 13.2 Å². The van der Waals surface area contributed by atoms with Crippen LogP contribution in [0, 0.1) is 0 Å². The maximum atomic E-state index is 14.5. The minimum absolute atomic E-state index is 0.0328. The molecule has 3 aromatic rings. The van der Waals surface area contributed by atoms with E-state index < -0.39 is 38.7 Å². The summed E-state index contributed by atoms with van der Waals surface area (Å²) in [4.78, 5) is -0.0207. The van der Waals surface area contributed by atoms with Gasteiger partial charge in [0.2, 0.25) is 4.99 Å². The molecule has 0 saturated carbocycles. The molecule has 2 atom stereocenters. The number of nitrogens with zero attached hydrogens (tertiary/aromatic N) is 1. The predicted octanol–water partition coefficient (Wildman–Crippen LogP) is 6.95. The number of alkyl halides is 3. The van der Waals surface area contributed by atoms with Crippen LogP contribution in [-0.4, -0.2) is 45.3 Å². The van der Waals surface area contributed by atoms with Crippen molar-refractivity contribution in [2.45, 2.75) is 44.0 Å². The topological polar surface area (TPSA) is 70.7 Å². The molecule has 12 heteroatoms. The summed E-state index contributed by atoms with van der Waals surface area (Å²) < 4.78 is 75.9. The molecule has 0 bridgehead atoms. The third-order valence-corrected chi connectivity index (χ3v) is 10.1. The van der Waals surface area contributed by atoms with Crippen molar-refractivity contribution in [1.29, 1.82) is 0 Å². The summed E-state index contributed by atoms with van der Waals surface area (Å²) in [6.45, 7) is 7.07. The van der Waals surface area contributed by atoms with Gasteiger partial charge in [-0.2, -0.15) is 13.2 Å². The Bertz CT molecular complexity index is 1410. The van der Waals surface area contributed by atoms with Crippen LogP contribution in [0.1, 0.15) is 55.1 Å². The molecule has 1 heterocycles. The molecule has 0 radical (unpaired) electrons. The minimum Gasteiger partial charge on any atom is -0.493 e. The Morgan fingerprint density at radius 2 is 1.36 bits per heavy atom. The highest BCUT2D eigenvalue weighted by molar-refractivity contribution is 7.92. The molecule has 3 aromatic carbocycles. The van der Waals surface area contributed by atoms with Crippen molar-refractivity contribution in [3.8, 4) is 5.75 Å². The number of benzene rings is 3. The average Bonchev–Trinajstić information content (AvgIpc) is 3.36. The standard InChI is InChI=1S/C30H34Cl2F3N3O3S/c1-4-38(5-2)17-18-42(39,40)30(25-16-11-22(29(33,34)35)19-26(25)41-6-3)36-27(20-7-12-23(31)13-8-20)28(37-30)21-9-14-24(32)15-10-21/h7-16,19,27-28,36-37H,4-6,17-18H2,1-3H3. The maximum absolute atomic E-state index is 14.5. The van der Waals surface area contributed by atoms with Gasteiger partial charge in [0.05, 0.1) is 30.0 Å². The number of ether oxygens (including phenoxy) is 1. The SMILES string of the molecule is CCOc1cc(C(F)(F)F)ccc1C1(S(=O)(=O)CCN(CC)CC)NC(c2ccc(Cl)cc2)C(c2ccc(Cl)cc2)N1. The molecule has 0 spiro atoms. The fourth-order valence-corrected chi connectivity index (χ4v) is 7.42. The van der Waals surface area contributed by atoms with Gasteiger partial charge in [-0.25, -0.2) is 8.42 Å². The highest BCUT2D eigenvalue weighted by Gasteiger charge is 2.56. The van der Waals surface area contributed by atoms with Crippen molar-refractivity contribution in [2.24, 2.45) is 0 Å². The van der Waals surface area contributed by atoms with E-state index in [2.05, 4.69) is 10.6 Å². The lowest BCUT2D eigenvalue weighted by Crippen LogP contribution is -2.55. The summed E-state index contributed by atoms with van der Waals surface area (Å²) in [7, 11) is -4.15. The van der Waals surface area contributed by atoms with Gasteiger partial charge in [-0.1, -0.05) is 67.4 Å². The number of rotatable bonds is 11. The van der Waals surface area contributed by atoms with Crippen LogP contribution in [0.15, 0.2) is 66.7 Å². The van der Waals surface area contributed by atoms with Crippen molar-refractivity contribution in [3.63, 3.8) is 0 Å². The highest BCUT2D eigenvalue weighted by atomic mass is 35.5. The second kappa shape index (κ2) is 13.1. The van der Waals surface area contributed by atoms with Crippen LogP contribution < -0.4 is 15.4 Å². The summed E-state index contributed by atoms with van der Waals surface area (Å²) in [5, 5.41) is 7.66. The van der Waals surface area contributed by atoms with Gasteiger partial charge in [0, 0.05) is 22.2 Å². The zero-order valence-electron chi connectivity index (χ0n) is 23.5. The molecule has 6 nitrogen and oxygen atoms in total. The van der Waals surface area contributed by atoms with Gasteiger partial charge in [-0.3, -0.25) is 10.6 Å². The van der Waals surface area contributed by atoms with E-state index >= 15 is 0 Å². The fraction of sp³-hybridized carbons (Fsp3) is 0.400. The molecule has 0 aromatic heterocycles. The Kier molecular flexibility index (Phi) is 10.2. The van der Waals surface area contributed by atoms with Gasteiger partial charge >= 0.3 is 6.18 Å². The lowest BCUT2D eigenvalue weighted by atomic mass is 9.95. The van der Waals surface area contributed by atoms with Gasteiger partial charge in [-0.05, 0) is 67.5 Å². The van der Waals surface area contributed by atoms with E-state index in [1.54, 1.807) is 55.5 Å². The van der Waals surface area contributed by atoms with E-state index in [0.717, 1.165) is 23.3 Å². The van der Waals surface area contributed by atoms with Gasteiger partial charge in [0.1, 0.15) is 5.75 Å². The summed E-state index contributed by atoms with van der Waals surface area (Å²) in [6, 6.07) is 15.7. The number of nitrogens with one attached hydrogen (secondary N) is 2. The third kappa shape index (κ3) is 6.74. The zero-order chi connectivity index (χ0) is 30.7. The molecule has 0 aliphatic carbocycles. The lowest BCUT2D eigenvalue weighted by Gasteiger charge is -2.33. The smallest absolute Gasteiger partial charge is 0.416 e. The molecule has 1 fully saturated rings. The average molecular weight is 645 g/mol. The lowest BCUT2D eigenvalue weighted by molar-refractivity contribution is -0.137. The minimum atomic E-state index is -4.65. The number of sulfone groups is 1. The van der Waals surface area contributed by atoms with Gasteiger partial charge in [-0.15, -0.1) is 0 Å². The van der Waals surface area contributed by atoms with Gasteiger partial charge in [0.15, 0.2) is 9.84 Å².